The number of hydrogen-bond donors (Lipinski definition) is 0. The molecule has 2 nitrogen and oxygen atoms in total. The predicted octanol–water partition coefficient (Wildman–Crippen LogP) is 4.10. The molecule has 0 unspecified atom stereocenters. The highest BCUT2D eigenvalue weighted by Gasteiger charge is 2.07. The van der Waals surface area contributed by atoms with Crippen LogP contribution in [0.5, 0.6) is 0 Å². The minimum Gasteiger partial charge on any atom is -0.436 e. The Morgan fingerprint density at radius 1 is 1.00 bits per heavy atom. The van der Waals surface area contributed by atoms with E-state index < -0.39 is 0 Å². The van der Waals surface area contributed by atoms with Crippen molar-refractivity contribution in [1.82, 2.24) is 4.98 Å². The second-order valence-electron chi connectivity index (χ2n) is 3.50. The molecule has 78 valence electrons. The summed E-state index contributed by atoms with van der Waals surface area (Å²) in [6, 6.07) is 15.9. The number of oxazole rings is 1. The maximum Gasteiger partial charge on any atom is 0.227 e. The molecule has 0 aliphatic rings. The zero-order valence-corrected chi connectivity index (χ0v) is 10.5. The van der Waals surface area contributed by atoms with E-state index in [0.717, 1.165) is 20.2 Å². The summed E-state index contributed by atoms with van der Waals surface area (Å²) >= 11 is 2.26. The summed E-state index contributed by atoms with van der Waals surface area (Å²) < 4.78 is 6.87. The van der Waals surface area contributed by atoms with Crippen molar-refractivity contribution in [3.63, 3.8) is 0 Å². The largest absolute Gasteiger partial charge is 0.436 e. The molecule has 0 aliphatic heterocycles. The lowest BCUT2D eigenvalue weighted by atomic mass is 10.2. The van der Waals surface area contributed by atoms with Crippen LogP contribution in [0.2, 0.25) is 0 Å². The van der Waals surface area contributed by atoms with Crippen LogP contribution < -0.4 is 0 Å². The van der Waals surface area contributed by atoms with Crippen molar-refractivity contribution in [2.24, 2.45) is 0 Å². The topological polar surface area (TPSA) is 26.0 Å². The Balaban J connectivity index is 2.19. The average Bonchev–Trinajstić information content (AvgIpc) is 2.73. The summed E-state index contributed by atoms with van der Waals surface area (Å²) in [4.78, 5) is 4.45. The molecule has 0 N–H and O–H groups in total. The van der Waals surface area contributed by atoms with E-state index in [4.69, 9.17) is 4.42 Å². The first-order chi connectivity index (χ1) is 7.83. The van der Waals surface area contributed by atoms with Crippen LogP contribution in [0.25, 0.3) is 22.6 Å². The molecule has 0 aliphatic carbocycles. The van der Waals surface area contributed by atoms with Gasteiger partial charge in [0.1, 0.15) is 5.52 Å². The highest BCUT2D eigenvalue weighted by molar-refractivity contribution is 14.1. The van der Waals surface area contributed by atoms with Gasteiger partial charge in [0.05, 0.1) is 0 Å². The van der Waals surface area contributed by atoms with E-state index in [9.17, 15) is 0 Å². The third-order valence-electron chi connectivity index (χ3n) is 2.37. The van der Waals surface area contributed by atoms with E-state index in [0.29, 0.717) is 5.89 Å². The van der Waals surface area contributed by atoms with Gasteiger partial charge in [-0.25, -0.2) is 4.98 Å². The third kappa shape index (κ3) is 1.71. The van der Waals surface area contributed by atoms with E-state index in [-0.39, 0.29) is 0 Å². The van der Waals surface area contributed by atoms with Gasteiger partial charge in [0.25, 0.3) is 0 Å². The standard InChI is InChI=1S/C13H8INO/c14-10-6-7-11-12(8-10)16-13(15-11)9-4-2-1-3-5-9/h1-8H. The maximum atomic E-state index is 5.72. The molecule has 0 atom stereocenters. The molecule has 0 amide bonds. The Morgan fingerprint density at radius 3 is 2.62 bits per heavy atom. The molecule has 0 spiro atoms. The number of fused-ring (bicyclic) bond motifs is 1. The minimum absolute atomic E-state index is 0.678. The quantitative estimate of drug-likeness (QED) is 0.631. The Morgan fingerprint density at radius 2 is 1.81 bits per heavy atom. The number of benzene rings is 2. The summed E-state index contributed by atoms with van der Waals surface area (Å²) in [5.41, 5.74) is 2.75. The Labute approximate surface area is 106 Å². The summed E-state index contributed by atoms with van der Waals surface area (Å²) in [6.45, 7) is 0. The van der Waals surface area contributed by atoms with Crippen molar-refractivity contribution in [3.8, 4) is 11.5 Å². The van der Waals surface area contributed by atoms with E-state index in [1.807, 2.05) is 48.5 Å². The van der Waals surface area contributed by atoms with Gasteiger partial charge < -0.3 is 4.42 Å². The fourth-order valence-corrected chi connectivity index (χ4v) is 2.07. The first kappa shape index (κ1) is 9.84. The van der Waals surface area contributed by atoms with Crippen LogP contribution in [0.15, 0.2) is 52.9 Å². The molecule has 0 saturated heterocycles. The fourth-order valence-electron chi connectivity index (χ4n) is 1.60. The van der Waals surface area contributed by atoms with Crippen LogP contribution in [0.4, 0.5) is 0 Å². The SMILES string of the molecule is Ic1ccc2nc(-c3ccccc3)oc2c1. The third-order valence-corrected chi connectivity index (χ3v) is 3.04. The molecular formula is C13H8INO. The second-order valence-corrected chi connectivity index (χ2v) is 4.74. The fraction of sp³-hybridized carbons (Fsp3) is 0. The van der Waals surface area contributed by atoms with Gasteiger partial charge in [-0.15, -0.1) is 0 Å². The highest BCUT2D eigenvalue weighted by Crippen LogP contribution is 2.24. The van der Waals surface area contributed by atoms with Crippen LogP contribution in [0, 0.1) is 3.57 Å². The van der Waals surface area contributed by atoms with Gasteiger partial charge in [-0.3, -0.25) is 0 Å². The molecular weight excluding hydrogens is 313 g/mol. The minimum atomic E-state index is 0.678. The van der Waals surface area contributed by atoms with Crippen molar-refractivity contribution < 1.29 is 4.42 Å². The number of hydrogen-bond acceptors (Lipinski definition) is 2. The number of rotatable bonds is 1. The molecule has 0 radical (unpaired) electrons. The van der Waals surface area contributed by atoms with Gasteiger partial charge in [0.2, 0.25) is 5.89 Å². The lowest BCUT2D eigenvalue weighted by Gasteiger charge is -1.91. The molecule has 3 aromatic rings. The second kappa shape index (κ2) is 3.90. The van der Waals surface area contributed by atoms with Crippen molar-refractivity contribution in [1.29, 1.82) is 0 Å². The van der Waals surface area contributed by atoms with Crippen LogP contribution in [-0.2, 0) is 0 Å². The number of nitrogens with zero attached hydrogens (tertiary/aromatic N) is 1. The Hall–Kier alpha value is -1.36. The van der Waals surface area contributed by atoms with Gasteiger partial charge in [0.15, 0.2) is 5.58 Å². The first-order valence-corrected chi connectivity index (χ1v) is 6.02. The van der Waals surface area contributed by atoms with Crippen molar-refractivity contribution >= 4 is 33.7 Å². The lowest BCUT2D eigenvalue weighted by Crippen LogP contribution is -1.74. The summed E-state index contributed by atoms with van der Waals surface area (Å²) in [5.74, 6) is 0.678. The zero-order valence-electron chi connectivity index (χ0n) is 8.35. The van der Waals surface area contributed by atoms with Crippen LogP contribution in [0.1, 0.15) is 0 Å². The molecule has 16 heavy (non-hydrogen) atoms. The first-order valence-electron chi connectivity index (χ1n) is 4.94. The van der Waals surface area contributed by atoms with E-state index >= 15 is 0 Å². The van der Waals surface area contributed by atoms with E-state index in [2.05, 4.69) is 27.6 Å². The molecule has 3 rings (SSSR count). The normalized spacial score (nSPS) is 10.8. The summed E-state index contributed by atoms with van der Waals surface area (Å²) in [6.07, 6.45) is 0. The lowest BCUT2D eigenvalue weighted by molar-refractivity contribution is 0.619. The number of aromatic nitrogens is 1. The van der Waals surface area contributed by atoms with Gasteiger partial charge in [-0.1, -0.05) is 18.2 Å². The van der Waals surface area contributed by atoms with Crippen molar-refractivity contribution in [3.05, 3.63) is 52.1 Å². The van der Waals surface area contributed by atoms with E-state index in [1.54, 1.807) is 0 Å². The van der Waals surface area contributed by atoms with Crippen molar-refractivity contribution in [2.75, 3.05) is 0 Å². The van der Waals surface area contributed by atoms with E-state index in [1.165, 1.54) is 0 Å². The smallest absolute Gasteiger partial charge is 0.227 e. The molecule has 0 bridgehead atoms. The van der Waals surface area contributed by atoms with Crippen LogP contribution >= 0.6 is 22.6 Å². The highest BCUT2D eigenvalue weighted by atomic mass is 127. The molecule has 0 fully saturated rings. The maximum absolute atomic E-state index is 5.72. The summed E-state index contributed by atoms with van der Waals surface area (Å²) in [5, 5.41) is 0. The van der Waals surface area contributed by atoms with Crippen LogP contribution in [0.3, 0.4) is 0 Å². The van der Waals surface area contributed by atoms with Gasteiger partial charge in [-0.05, 0) is 52.9 Å². The monoisotopic (exact) mass is 321 g/mol. The molecule has 3 heteroatoms. The van der Waals surface area contributed by atoms with Gasteiger partial charge in [0, 0.05) is 9.13 Å². The van der Waals surface area contributed by atoms with Crippen molar-refractivity contribution in [2.45, 2.75) is 0 Å². The molecule has 0 saturated carbocycles. The van der Waals surface area contributed by atoms with Crippen LogP contribution in [-0.4, -0.2) is 4.98 Å². The number of halogens is 1. The Bertz CT molecular complexity index is 631. The summed E-state index contributed by atoms with van der Waals surface area (Å²) in [7, 11) is 0. The average molecular weight is 321 g/mol. The van der Waals surface area contributed by atoms with Gasteiger partial charge >= 0.3 is 0 Å². The van der Waals surface area contributed by atoms with Gasteiger partial charge in [-0.2, -0.15) is 0 Å². The zero-order chi connectivity index (χ0) is 11.0. The molecule has 1 heterocycles. The molecule has 1 aromatic heterocycles. The molecule has 2 aromatic carbocycles. The Kier molecular flexibility index (Phi) is 2.40. The predicted molar refractivity (Wildman–Crippen MR) is 72.2 cm³/mol.